The van der Waals surface area contributed by atoms with Crippen LogP contribution in [-0.2, 0) is 4.74 Å². The molecule has 1 aliphatic carbocycles. The van der Waals surface area contributed by atoms with E-state index in [9.17, 15) is 9.50 Å². The molecule has 0 aromatic heterocycles. The number of alkyl halides is 1. The molecule has 0 aromatic rings. The largest absolute Gasteiger partial charge is 0.387 e. The van der Waals surface area contributed by atoms with Gasteiger partial charge in [-0.2, -0.15) is 0 Å². The molecule has 0 spiro atoms. The minimum atomic E-state index is -1.50. The lowest BCUT2D eigenvalue weighted by Gasteiger charge is -2.32. The summed E-state index contributed by atoms with van der Waals surface area (Å²) in [6.45, 7) is 4.27. The number of rotatable bonds is 6. The summed E-state index contributed by atoms with van der Waals surface area (Å²) in [5, 5.41) is 9.79. The van der Waals surface area contributed by atoms with E-state index < -0.39 is 12.5 Å². The Balaban J connectivity index is 2.29. The third-order valence-corrected chi connectivity index (χ3v) is 3.67. The van der Waals surface area contributed by atoms with Crippen LogP contribution in [0.3, 0.4) is 0 Å². The molecule has 2 atom stereocenters. The summed E-state index contributed by atoms with van der Waals surface area (Å²) in [6, 6.07) is 0. The van der Waals surface area contributed by atoms with Gasteiger partial charge < -0.3 is 9.84 Å². The van der Waals surface area contributed by atoms with Crippen LogP contribution in [0, 0.1) is 11.8 Å². The van der Waals surface area contributed by atoms with Crippen LogP contribution in [0.4, 0.5) is 4.39 Å². The number of hydrogen-bond acceptors (Lipinski definition) is 2. The van der Waals surface area contributed by atoms with Crippen LogP contribution in [0.2, 0.25) is 0 Å². The highest BCUT2D eigenvalue weighted by molar-refractivity contribution is 4.78. The van der Waals surface area contributed by atoms with Gasteiger partial charge in [-0.25, -0.2) is 4.39 Å². The van der Waals surface area contributed by atoms with Crippen LogP contribution >= 0.6 is 0 Å². The molecule has 1 saturated carbocycles. The molecule has 2 nitrogen and oxygen atoms in total. The second kappa shape index (κ2) is 7.23. The summed E-state index contributed by atoms with van der Waals surface area (Å²) in [7, 11) is 0. The fraction of sp³-hybridized carbons (Fsp3) is 1.00. The normalized spacial score (nSPS) is 30.0. The van der Waals surface area contributed by atoms with Crippen molar-refractivity contribution in [2.24, 2.45) is 11.8 Å². The SMILES string of the molecule is CCCC1CCC(C(O)C(F)OCC)CC1. The first-order valence-electron chi connectivity index (χ1n) is 6.62. The van der Waals surface area contributed by atoms with E-state index in [0.717, 1.165) is 31.6 Å². The zero-order chi connectivity index (χ0) is 12.0. The first-order valence-corrected chi connectivity index (χ1v) is 6.62. The molecule has 0 amide bonds. The smallest absolute Gasteiger partial charge is 0.225 e. The Morgan fingerprint density at radius 1 is 1.25 bits per heavy atom. The van der Waals surface area contributed by atoms with Gasteiger partial charge in [-0.05, 0) is 31.6 Å². The Kier molecular flexibility index (Phi) is 6.29. The number of hydrogen-bond donors (Lipinski definition) is 1. The van der Waals surface area contributed by atoms with Gasteiger partial charge in [0.1, 0.15) is 6.10 Å². The van der Waals surface area contributed by atoms with E-state index in [0.29, 0.717) is 6.61 Å². The molecule has 3 heteroatoms. The van der Waals surface area contributed by atoms with Gasteiger partial charge in [0.2, 0.25) is 6.36 Å². The van der Waals surface area contributed by atoms with Gasteiger partial charge in [0.05, 0.1) is 0 Å². The monoisotopic (exact) mass is 232 g/mol. The van der Waals surface area contributed by atoms with Gasteiger partial charge in [0.25, 0.3) is 0 Å². The number of aliphatic hydroxyl groups is 1. The highest BCUT2D eigenvalue weighted by atomic mass is 19.1. The summed E-state index contributed by atoms with van der Waals surface area (Å²) in [4.78, 5) is 0. The highest BCUT2D eigenvalue weighted by Crippen LogP contribution is 2.34. The Labute approximate surface area is 98.2 Å². The van der Waals surface area contributed by atoms with Gasteiger partial charge in [0.15, 0.2) is 0 Å². The van der Waals surface area contributed by atoms with E-state index >= 15 is 0 Å². The lowest BCUT2D eigenvalue weighted by Crippen LogP contribution is -2.35. The minimum absolute atomic E-state index is 0.0923. The molecule has 0 heterocycles. The van der Waals surface area contributed by atoms with E-state index in [4.69, 9.17) is 4.74 Å². The van der Waals surface area contributed by atoms with E-state index in [1.54, 1.807) is 6.92 Å². The van der Waals surface area contributed by atoms with Crippen LogP contribution in [0.15, 0.2) is 0 Å². The molecule has 2 unspecified atom stereocenters. The van der Waals surface area contributed by atoms with Crippen molar-refractivity contribution in [2.75, 3.05) is 6.61 Å². The molecule has 16 heavy (non-hydrogen) atoms. The standard InChI is InChI=1S/C13H25FO2/c1-3-5-10-6-8-11(9-7-10)12(15)13(14)16-4-2/h10-13,15H,3-9H2,1-2H3. The topological polar surface area (TPSA) is 29.5 Å². The molecule has 0 radical (unpaired) electrons. The molecule has 1 rings (SSSR count). The summed E-state index contributed by atoms with van der Waals surface area (Å²) in [5.41, 5.74) is 0. The van der Waals surface area contributed by atoms with E-state index in [1.807, 2.05) is 0 Å². The lowest BCUT2D eigenvalue weighted by atomic mass is 9.78. The molecule has 1 N–H and O–H groups in total. The third kappa shape index (κ3) is 4.02. The van der Waals surface area contributed by atoms with Gasteiger partial charge >= 0.3 is 0 Å². The fourth-order valence-electron chi connectivity index (χ4n) is 2.70. The van der Waals surface area contributed by atoms with Crippen molar-refractivity contribution in [1.82, 2.24) is 0 Å². The van der Waals surface area contributed by atoms with Crippen LogP contribution in [0.5, 0.6) is 0 Å². The van der Waals surface area contributed by atoms with Crippen molar-refractivity contribution >= 4 is 0 Å². The molecule has 1 aliphatic rings. The molecule has 0 bridgehead atoms. The second-order valence-corrected chi connectivity index (χ2v) is 4.87. The highest BCUT2D eigenvalue weighted by Gasteiger charge is 2.31. The predicted octanol–water partition coefficient (Wildman–Crippen LogP) is 3.29. The Bertz CT molecular complexity index is 179. The first kappa shape index (κ1) is 13.9. The van der Waals surface area contributed by atoms with Crippen molar-refractivity contribution in [3.8, 4) is 0 Å². The lowest BCUT2D eigenvalue weighted by molar-refractivity contribution is -0.133. The average Bonchev–Trinajstić information content (AvgIpc) is 2.30. The Morgan fingerprint density at radius 3 is 2.38 bits per heavy atom. The molecular weight excluding hydrogens is 207 g/mol. The van der Waals surface area contributed by atoms with Gasteiger partial charge in [-0.15, -0.1) is 0 Å². The summed E-state index contributed by atoms with van der Waals surface area (Å²) < 4.78 is 18.2. The Hall–Kier alpha value is -0.150. The van der Waals surface area contributed by atoms with Gasteiger partial charge in [0, 0.05) is 6.61 Å². The van der Waals surface area contributed by atoms with Gasteiger partial charge in [-0.3, -0.25) is 0 Å². The van der Waals surface area contributed by atoms with Crippen molar-refractivity contribution in [3.63, 3.8) is 0 Å². The van der Waals surface area contributed by atoms with E-state index in [-0.39, 0.29) is 5.92 Å². The van der Waals surface area contributed by atoms with Crippen LogP contribution in [0.1, 0.15) is 52.4 Å². The fourth-order valence-corrected chi connectivity index (χ4v) is 2.70. The van der Waals surface area contributed by atoms with E-state index in [1.165, 1.54) is 12.8 Å². The summed E-state index contributed by atoms with van der Waals surface area (Å²) in [6.07, 6.45) is 4.22. The van der Waals surface area contributed by atoms with E-state index in [2.05, 4.69) is 6.92 Å². The van der Waals surface area contributed by atoms with Gasteiger partial charge in [-0.1, -0.05) is 32.6 Å². The second-order valence-electron chi connectivity index (χ2n) is 4.87. The third-order valence-electron chi connectivity index (χ3n) is 3.67. The molecule has 0 saturated heterocycles. The molecule has 96 valence electrons. The quantitative estimate of drug-likeness (QED) is 0.761. The van der Waals surface area contributed by atoms with Crippen LogP contribution < -0.4 is 0 Å². The number of aliphatic hydroxyl groups excluding tert-OH is 1. The predicted molar refractivity (Wildman–Crippen MR) is 62.9 cm³/mol. The summed E-state index contributed by atoms with van der Waals surface area (Å²) in [5.74, 6) is 0.883. The number of ether oxygens (including phenoxy) is 1. The minimum Gasteiger partial charge on any atom is -0.387 e. The first-order chi connectivity index (χ1) is 7.69. The molecular formula is C13H25FO2. The maximum absolute atomic E-state index is 13.4. The molecule has 0 aromatic carbocycles. The van der Waals surface area contributed by atoms with Crippen molar-refractivity contribution < 1.29 is 14.2 Å². The zero-order valence-corrected chi connectivity index (χ0v) is 10.5. The average molecular weight is 232 g/mol. The van der Waals surface area contributed by atoms with Crippen LogP contribution in [-0.4, -0.2) is 24.2 Å². The Morgan fingerprint density at radius 2 is 1.88 bits per heavy atom. The van der Waals surface area contributed by atoms with Crippen molar-refractivity contribution in [2.45, 2.75) is 64.8 Å². The zero-order valence-electron chi connectivity index (χ0n) is 10.5. The number of halogens is 1. The maximum atomic E-state index is 13.4. The van der Waals surface area contributed by atoms with Crippen molar-refractivity contribution in [1.29, 1.82) is 0 Å². The molecule has 0 aliphatic heterocycles. The maximum Gasteiger partial charge on any atom is 0.225 e. The van der Waals surface area contributed by atoms with Crippen molar-refractivity contribution in [3.05, 3.63) is 0 Å². The summed E-state index contributed by atoms with van der Waals surface area (Å²) >= 11 is 0. The van der Waals surface area contributed by atoms with Crippen LogP contribution in [0.25, 0.3) is 0 Å². The molecule has 1 fully saturated rings.